The third kappa shape index (κ3) is 3.01. The minimum Gasteiger partial charge on any atom is -0.464 e. The van der Waals surface area contributed by atoms with Crippen molar-refractivity contribution in [3.63, 3.8) is 0 Å². The number of pyridine rings is 1. The molecule has 1 aromatic carbocycles. The van der Waals surface area contributed by atoms with Crippen molar-refractivity contribution in [3.05, 3.63) is 48.7 Å². The summed E-state index contributed by atoms with van der Waals surface area (Å²) in [7, 11) is 0. The Bertz CT molecular complexity index is 1190. The quantitative estimate of drug-likeness (QED) is 0.566. The van der Waals surface area contributed by atoms with E-state index in [1.54, 1.807) is 36.5 Å². The maximum atomic E-state index is 12.1. The first-order chi connectivity index (χ1) is 14.2. The van der Waals surface area contributed by atoms with Gasteiger partial charge < -0.3 is 19.2 Å². The Kier molecular flexibility index (Phi) is 4.21. The number of ether oxygens (including phenoxy) is 1. The van der Waals surface area contributed by atoms with E-state index in [0.29, 0.717) is 60.0 Å². The molecule has 29 heavy (non-hydrogen) atoms. The SMILES string of the molecule is O=C(O)N(c1ccccc1)c1nc(N2CCOCC2)c2oc3ncccc3c2n1. The highest BCUT2D eigenvalue weighted by atomic mass is 16.5. The van der Waals surface area contributed by atoms with E-state index in [0.717, 1.165) is 4.90 Å². The molecule has 0 atom stereocenters. The number of morpholine rings is 1. The van der Waals surface area contributed by atoms with Crippen molar-refractivity contribution >= 4 is 45.7 Å². The Morgan fingerprint density at radius 3 is 2.62 bits per heavy atom. The van der Waals surface area contributed by atoms with E-state index < -0.39 is 6.09 Å². The summed E-state index contributed by atoms with van der Waals surface area (Å²) >= 11 is 0. The Hall–Kier alpha value is -3.72. The Morgan fingerprint density at radius 2 is 1.86 bits per heavy atom. The van der Waals surface area contributed by atoms with Gasteiger partial charge in [0.2, 0.25) is 11.7 Å². The van der Waals surface area contributed by atoms with Crippen molar-refractivity contribution < 1.29 is 19.1 Å². The van der Waals surface area contributed by atoms with Crippen molar-refractivity contribution in [1.82, 2.24) is 15.0 Å². The molecule has 1 aliphatic rings. The zero-order chi connectivity index (χ0) is 19.8. The van der Waals surface area contributed by atoms with Gasteiger partial charge in [-0.1, -0.05) is 18.2 Å². The predicted molar refractivity (Wildman–Crippen MR) is 107 cm³/mol. The van der Waals surface area contributed by atoms with Gasteiger partial charge in [0.15, 0.2) is 11.4 Å². The molecule has 146 valence electrons. The monoisotopic (exact) mass is 391 g/mol. The van der Waals surface area contributed by atoms with Crippen molar-refractivity contribution in [2.24, 2.45) is 0 Å². The molecule has 0 saturated carbocycles. The molecule has 9 nitrogen and oxygen atoms in total. The molecule has 0 radical (unpaired) electrons. The molecule has 5 rings (SSSR count). The largest absolute Gasteiger partial charge is 0.464 e. The first kappa shape index (κ1) is 17.4. The molecule has 0 unspecified atom stereocenters. The van der Waals surface area contributed by atoms with Crippen LogP contribution in [0.3, 0.4) is 0 Å². The van der Waals surface area contributed by atoms with Gasteiger partial charge in [0.1, 0.15) is 5.52 Å². The molecular formula is C20H17N5O4. The molecular weight excluding hydrogens is 374 g/mol. The molecule has 9 heteroatoms. The highest BCUT2D eigenvalue weighted by molar-refractivity contribution is 6.06. The molecule has 0 bridgehead atoms. The van der Waals surface area contributed by atoms with E-state index in [-0.39, 0.29) is 5.95 Å². The average molecular weight is 391 g/mol. The van der Waals surface area contributed by atoms with Gasteiger partial charge in [0.05, 0.1) is 24.3 Å². The second-order valence-corrected chi connectivity index (χ2v) is 6.54. The van der Waals surface area contributed by atoms with E-state index in [9.17, 15) is 9.90 Å². The fraction of sp³-hybridized carbons (Fsp3) is 0.200. The number of para-hydroxylation sites is 1. The number of carbonyl (C=O) groups is 1. The van der Waals surface area contributed by atoms with Crippen LogP contribution in [-0.2, 0) is 4.74 Å². The first-order valence-corrected chi connectivity index (χ1v) is 9.18. The Morgan fingerprint density at radius 1 is 1.07 bits per heavy atom. The maximum Gasteiger partial charge on any atom is 0.418 e. The van der Waals surface area contributed by atoms with E-state index >= 15 is 0 Å². The molecule has 1 N–H and O–H groups in total. The van der Waals surface area contributed by atoms with Gasteiger partial charge >= 0.3 is 6.09 Å². The minimum absolute atomic E-state index is 0.0595. The van der Waals surface area contributed by atoms with Crippen LogP contribution in [0.15, 0.2) is 53.1 Å². The Labute approximate surface area is 165 Å². The van der Waals surface area contributed by atoms with E-state index in [1.165, 1.54) is 0 Å². The lowest BCUT2D eigenvalue weighted by molar-refractivity contribution is 0.122. The molecule has 4 heterocycles. The summed E-state index contributed by atoms with van der Waals surface area (Å²) in [4.78, 5) is 28.6. The number of hydrogen-bond acceptors (Lipinski definition) is 7. The second kappa shape index (κ2) is 7.02. The van der Waals surface area contributed by atoms with Crippen LogP contribution >= 0.6 is 0 Å². The van der Waals surface area contributed by atoms with Crippen LogP contribution in [0.5, 0.6) is 0 Å². The van der Waals surface area contributed by atoms with Crippen molar-refractivity contribution in [1.29, 1.82) is 0 Å². The predicted octanol–water partition coefficient (Wildman–Crippen LogP) is 3.42. The van der Waals surface area contributed by atoms with Crippen LogP contribution in [0.25, 0.3) is 22.2 Å². The summed E-state index contributed by atoms with van der Waals surface area (Å²) in [5.74, 6) is 0.595. The minimum atomic E-state index is -1.17. The summed E-state index contributed by atoms with van der Waals surface area (Å²) in [6.45, 7) is 2.35. The lowest BCUT2D eigenvalue weighted by Gasteiger charge is -2.28. The number of rotatable bonds is 3. The van der Waals surface area contributed by atoms with Gasteiger partial charge in [-0.25, -0.2) is 19.7 Å². The zero-order valence-electron chi connectivity index (χ0n) is 15.4. The molecule has 1 fully saturated rings. The summed E-state index contributed by atoms with van der Waals surface area (Å²) < 4.78 is 11.4. The number of furan rings is 1. The maximum absolute atomic E-state index is 12.1. The van der Waals surface area contributed by atoms with Gasteiger partial charge in [-0.2, -0.15) is 4.98 Å². The fourth-order valence-corrected chi connectivity index (χ4v) is 3.43. The van der Waals surface area contributed by atoms with Crippen LogP contribution < -0.4 is 9.80 Å². The summed E-state index contributed by atoms with van der Waals surface area (Å²) in [6.07, 6.45) is 0.468. The van der Waals surface area contributed by atoms with Crippen molar-refractivity contribution in [3.8, 4) is 0 Å². The summed E-state index contributed by atoms with van der Waals surface area (Å²) in [5.41, 5.74) is 1.91. The van der Waals surface area contributed by atoms with Crippen molar-refractivity contribution in [2.75, 3.05) is 36.1 Å². The number of hydrogen-bond donors (Lipinski definition) is 1. The van der Waals surface area contributed by atoms with Gasteiger partial charge in [-0.05, 0) is 24.3 Å². The van der Waals surface area contributed by atoms with Crippen LogP contribution in [0.1, 0.15) is 0 Å². The highest BCUT2D eigenvalue weighted by Crippen LogP contribution is 2.35. The smallest absolute Gasteiger partial charge is 0.418 e. The molecule has 1 saturated heterocycles. The number of benzene rings is 1. The van der Waals surface area contributed by atoms with Crippen LogP contribution in [0, 0.1) is 0 Å². The van der Waals surface area contributed by atoms with E-state index in [2.05, 4.69) is 15.0 Å². The van der Waals surface area contributed by atoms with Gasteiger partial charge in [0.25, 0.3) is 0 Å². The van der Waals surface area contributed by atoms with Gasteiger partial charge in [0, 0.05) is 19.3 Å². The molecule has 3 aromatic heterocycles. The number of amides is 1. The fourth-order valence-electron chi connectivity index (χ4n) is 3.43. The Balaban J connectivity index is 1.77. The number of anilines is 3. The lowest BCUT2D eigenvalue weighted by atomic mass is 10.2. The lowest BCUT2D eigenvalue weighted by Crippen LogP contribution is -2.37. The number of aromatic nitrogens is 3. The van der Waals surface area contributed by atoms with E-state index in [4.69, 9.17) is 9.15 Å². The van der Waals surface area contributed by atoms with E-state index in [1.807, 2.05) is 17.0 Å². The van der Waals surface area contributed by atoms with Crippen LogP contribution in [-0.4, -0.2) is 52.5 Å². The molecule has 0 spiro atoms. The standard InChI is InChI=1S/C20H17N5O4/c26-20(27)25(13-5-2-1-3-6-13)19-22-15-14-7-4-8-21-18(14)29-16(15)17(23-19)24-9-11-28-12-10-24/h1-8H,9-12H2,(H,26,27). The van der Waals surface area contributed by atoms with Gasteiger partial charge in [-0.15, -0.1) is 0 Å². The van der Waals surface area contributed by atoms with Gasteiger partial charge in [-0.3, -0.25) is 0 Å². The number of nitrogens with zero attached hydrogens (tertiary/aromatic N) is 5. The molecule has 4 aromatic rings. The number of fused-ring (bicyclic) bond motifs is 3. The topological polar surface area (TPSA) is 105 Å². The first-order valence-electron chi connectivity index (χ1n) is 9.18. The highest BCUT2D eigenvalue weighted by Gasteiger charge is 2.27. The zero-order valence-corrected chi connectivity index (χ0v) is 15.4. The third-order valence-corrected chi connectivity index (χ3v) is 4.78. The summed E-state index contributed by atoms with van der Waals surface area (Å²) in [5, 5.41) is 10.6. The molecule has 1 amide bonds. The molecule has 0 aliphatic carbocycles. The average Bonchev–Trinajstić information content (AvgIpc) is 3.13. The van der Waals surface area contributed by atoms with Crippen LogP contribution in [0.4, 0.5) is 22.2 Å². The van der Waals surface area contributed by atoms with Crippen molar-refractivity contribution in [2.45, 2.75) is 0 Å². The third-order valence-electron chi connectivity index (χ3n) is 4.78. The normalized spacial score (nSPS) is 14.4. The second-order valence-electron chi connectivity index (χ2n) is 6.54. The summed E-state index contributed by atoms with van der Waals surface area (Å²) in [6, 6.07) is 12.4. The van der Waals surface area contributed by atoms with Crippen LogP contribution in [0.2, 0.25) is 0 Å². The number of carboxylic acid groups (broad SMARTS) is 1. The molecule has 1 aliphatic heterocycles.